The van der Waals surface area contributed by atoms with Crippen LogP contribution in [0.5, 0.6) is 0 Å². The highest BCUT2D eigenvalue weighted by molar-refractivity contribution is 6.30. The summed E-state index contributed by atoms with van der Waals surface area (Å²) in [6, 6.07) is 13.0. The van der Waals surface area contributed by atoms with Gasteiger partial charge < -0.3 is 15.7 Å². The molecule has 2 rings (SSSR count). The molecular formula is C15H13ClN2O3. The van der Waals surface area contributed by atoms with E-state index >= 15 is 0 Å². The van der Waals surface area contributed by atoms with E-state index in [0.29, 0.717) is 10.7 Å². The lowest BCUT2D eigenvalue weighted by Crippen LogP contribution is -2.21. The Balaban J connectivity index is 1.88. The fraction of sp³-hybridized carbons (Fsp3) is 0.0667. The van der Waals surface area contributed by atoms with Gasteiger partial charge >= 0.3 is 5.97 Å². The van der Waals surface area contributed by atoms with Gasteiger partial charge in [0.15, 0.2) is 0 Å². The third kappa shape index (κ3) is 4.50. The van der Waals surface area contributed by atoms with Gasteiger partial charge in [-0.25, -0.2) is 4.79 Å². The van der Waals surface area contributed by atoms with Gasteiger partial charge in [0.05, 0.1) is 12.1 Å². The quantitative estimate of drug-likeness (QED) is 0.793. The highest BCUT2D eigenvalue weighted by Crippen LogP contribution is 2.14. The number of carboxylic acids is 1. The highest BCUT2D eigenvalue weighted by atomic mass is 35.5. The molecule has 0 fully saturated rings. The van der Waals surface area contributed by atoms with Crippen LogP contribution in [0.15, 0.2) is 48.5 Å². The fourth-order valence-corrected chi connectivity index (χ4v) is 1.87. The van der Waals surface area contributed by atoms with Gasteiger partial charge in [0.1, 0.15) is 0 Å². The number of aromatic carboxylic acids is 1. The van der Waals surface area contributed by atoms with E-state index in [4.69, 9.17) is 16.7 Å². The molecule has 0 spiro atoms. The SMILES string of the molecule is O=C(CNc1cccc(Cl)c1)Nc1ccc(C(=O)O)cc1. The van der Waals surface area contributed by atoms with Gasteiger partial charge in [-0.15, -0.1) is 0 Å². The second kappa shape index (κ2) is 6.76. The summed E-state index contributed by atoms with van der Waals surface area (Å²) in [6.45, 7) is 0.0843. The lowest BCUT2D eigenvalue weighted by atomic mass is 10.2. The van der Waals surface area contributed by atoms with Crippen molar-refractivity contribution in [3.8, 4) is 0 Å². The predicted octanol–water partition coefficient (Wildman–Crippen LogP) is 3.09. The molecule has 0 radical (unpaired) electrons. The number of hydrogen-bond donors (Lipinski definition) is 3. The average Bonchev–Trinajstić information content (AvgIpc) is 2.46. The molecule has 0 aromatic heterocycles. The van der Waals surface area contributed by atoms with Crippen molar-refractivity contribution in [2.75, 3.05) is 17.2 Å². The standard InChI is InChI=1S/C15H13ClN2O3/c16-11-2-1-3-13(8-11)17-9-14(19)18-12-6-4-10(5-7-12)15(20)21/h1-8,17H,9H2,(H,18,19)(H,20,21). The van der Waals surface area contributed by atoms with Gasteiger partial charge in [0, 0.05) is 16.4 Å². The summed E-state index contributed by atoms with van der Waals surface area (Å²) in [5.41, 5.74) is 1.46. The normalized spacial score (nSPS) is 9.95. The van der Waals surface area contributed by atoms with E-state index in [9.17, 15) is 9.59 Å². The lowest BCUT2D eigenvalue weighted by molar-refractivity contribution is -0.114. The van der Waals surface area contributed by atoms with Crippen LogP contribution in [0.3, 0.4) is 0 Å². The minimum Gasteiger partial charge on any atom is -0.478 e. The molecule has 0 atom stereocenters. The van der Waals surface area contributed by atoms with Gasteiger partial charge in [-0.05, 0) is 42.5 Å². The van der Waals surface area contributed by atoms with Gasteiger partial charge in [-0.2, -0.15) is 0 Å². The molecular weight excluding hydrogens is 292 g/mol. The number of rotatable bonds is 5. The summed E-state index contributed by atoms with van der Waals surface area (Å²) in [7, 11) is 0. The second-order valence-corrected chi connectivity index (χ2v) is 4.73. The van der Waals surface area contributed by atoms with Crippen molar-refractivity contribution in [1.29, 1.82) is 0 Å². The topological polar surface area (TPSA) is 78.4 Å². The van der Waals surface area contributed by atoms with E-state index in [1.54, 1.807) is 36.4 Å². The van der Waals surface area contributed by atoms with Crippen LogP contribution >= 0.6 is 11.6 Å². The number of benzene rings is 2. The summed E-state index contributed by atoms with van der Waals surface area (Å²) in [5, 5.41) is 15.0. The molecule has 0 saturated heterocycles. The van der Waals surface area contributed by atoms with Crippen molar-refractivity contribution in [3.05, 3.63) is 59.1 Å². The third-order valence-electron chi connectivity index (χ3n) is 2.69. The van der Waals surface area contributed by atoms with E-state index in [-0.39, 0.29) is 18.0 Å². The number of carbonyl (C=O) groups is 2. The van der Waals surface area contributed by atoms with Crippen LogP contribution in [0.25, 0.3) is 0 Å². The number of halogens is 1. The van der Waals surface area contributed by atoms with Crippen molar-refractivity contribution in [3.63, 3.8) is 0 Å². The van der Waals surface area contributed by atoms with Gasteiger partial charge in [-0.1, -0.05) is 17.7 Å². The summed E-state index contributed by atoms with van der Waals surface area (Å²) in [5.74, 6) is -1.24. The largest absolute Gasteiger partial charge is 0.478 e. The Hall–Kier alpha value is -2.53. The molecule has 6 heteroatoms. The molecule has 0 aliphatic heterocycles. The molecule has 0 unspecified atom stereocenters. The van der Waals surface area contributed by atoms with Crippen molar-refractivity contribution in [1.82, 2.24) is 0 Å². The Morgan fingerprint density at radius 2 is 1.76 bits per heavy atom. The van der Waals surface area contributed by atoms with Crippen LogP contribution in [-0.2, 0) is 4.79 Å². The zero-order chi connectivity index (χ0) is 15.2. The number of hydrogen-bond acceptors (Lipinski definition) is 3. The van der Waals surface area contributed by atoms with Crippen LogP contribution in [0.2, 0.25) is 5.02 Å². The first kappa shape index (κ1) is 14.9. The van der Waals surface area contributed by atoms with Gasteiger partial charge in [0.25, 0.3) is 0 Å². The van der Waals surface area contributed by atoms with E-state index in [0.717, 1.165) is 5.69 Å². The van der Waals surface area contributed by atoms with E-state index in [1.165, 1.54) is 12.1 Å². The van der Waals surface area contributed by atoms with E-state index in [1.807, 2.05) is 0 Å². The Kier molecular flexibility index (Phi) is 4.79. The summed E-state index contributed by atoms with van der Waals surface area (Å²) in [4.78, 5) is 22.5. The maximum atomic E-state index is 11.8. The number of amides is 1. The zero-order valence-corrected chi connectivity index (χ0v) is 11.7. The first-order valence-corrected chi connectivity index (χ1v) is 6.55. The van der Waals surface area contributed by atoms with Crippen LogP contribution in [0.1, 0.15) is 10.4 Å². The molecule has 0 aliphatic carbocycles. The molecule has 3 N–H and O–H groups in total. The molecule has 2 aromatic carbocycles. The number of carbonyl (C=O) groups excluding carboxylic acids is 1. The molecule has 0 bridgehead atoms. The van der Waals surface area contributed by atoms with Crippen molar-refractivity contribution in [2.24, 2.45) is 0 Å². The van der Waals surface area contributed by atoms with Crippen LogP contribution < -0.4 is 10.6 Å². The van der Waals surface area contributed by atoms with Crippen molar-refractivity contribution in [2.45, 2.75) is 0 Å². The molecule has 0 aliphatic rings. The Morgan fingerprint density at radius 3 is 2.38 bits per heavy atom. The monoisotopic (exact) mass is 304 g/mol. The summed E-state index contributed by atoms with van der Waals surface area (Å²) < 4.78 is 0. The minimum absolute atomic E-state index is 0.0843. The van der Waals surface area contributed by atoms with Crippen molar-refractivity contribution < 1.29 is 14.7 Å². The molecule has 108 valence electrons. The molecule has 1 amide bonds. The van der Waals surface area contributed by atoms with E-state index in [2.05, 4.69) is 10.6 Å². The second-order valence-electron chi connectivity index (χ2n) is 4.29. The Labute approximate surface area is 126 Å². The van der Waals surface area contributed by atoms with Crippen LogP contribution in [0, 0.1) is 0 Å². The third-order valence-corrected chi connectivity index (χ3v) is 2.93. The zero-order valence-electron chi connectivity index (χ0n) is 11.0. The number of carboxylic acid groups (broad SMARTS) is 1. The van der Waals surface area contributed by atoms with Crippen LogP contribution in [0.4, 0.5) is 11.4 Å². The smallest absolute Gasteiger partial charge is 0.335 e. The number of anilines is 2. The van der Waals surface area contributed by atoms with Gasteiger partial charge in [-0.3, -0.25) is 4.79 Å². The Morgan fingerprint density at radius 1 is 1.05 bits per heavy atom. The first-order chi connectivity index (χ1) is 10.0. The predicted molar refractivity (Wildman–Crippen MR) is 82.0 cm³/mol. The Bertz CT molecular complexity index is 656. The molecule has 0 saturated carbocycles. The molecule has 0 heterocycles. The van der Waals surface area contributed by atoms with E-state index < -0.39 is 5.97 Å². The molecule has 2 aromatic rings. The average molecular weight is 305 g/mol. The van der Waals surface area contributed by atoms with Gasteiger partial charge in [0.2, 0.25) is 5.91 Å². The fourth-order valence-electron chi connectivity index (χ4n) is 1.68. The summed E-state index contributed by atoms with van der Waals surface area (Å²) >= 11 is 5.84. The number of nitrogens with one attached hydrogen (secondary N) is 2. The van der Waals surface area contributed by atoms with Crippen LogP contribution in [-0.4, -0.2) is 23.5 Å². The lowest BCUT2D eigenvalue weighted by Gasteiger charge is -2.08. The first-order valence-electron chi connectivity index (χ1n) is 6.17. The van der Waals surface area contributed by atoms with Crippen molar-refractivity contribution >= 4 is 34.9 Å². The molecule has 5 nitrogen and oxygen atoms in total. The maximum absolute atomic E-state index is 11.8. The summed E-state index contributed by atoms with van der Waals surface area (Å²) in [6.07, 6.45) is 0. The molecule has 21 heavy (non-hydrogen) atoms. The minimum atomic E-state index is -1.00. The highest BCUT2D eigenvalue weighted by Gasteiger charge is 2.05. The maximum Gasteiger partial charge on any atom is 0.335 e.